The fourth-order valence-corrected chi connectivity index (χ4v) is 1.59. The molecular formula is C8H15NO. The number of hydrogen-bond donors (Lipinski definition) is 0. The third-order valence-corrected chi connectivity index (χ3v) is 2.42. The molecule has 1 aliphatic rings. The molecule has 1 aliphatic heterocycles. The Balaban J connectivity index is 2.43. The van der Waals surface area contributed by atoms with E-state index in [1.54, 1.807) is 0 Å². The summed E-state index contributed by atoms with van der Waals surface area (Å²) in [6.45, 7) is 3.28. The second-order valence-corrected chi connectivity index (χ2v) is 3.15. The van der Waals surface area contributed by atoms with Crippen molar-refractivity contribution in [1.82, 2.24) is 4.90 Å². The van der Waals surface area contributed by atoms with Gasteiger partial charge in [-0.25, -0.2) is 0 Å². The molecule has 0 radical (unpaired) electrons. The predicted octanol–water partition coefficient (Wildman–Crippen LogP) is 0.916. The molecule has 1 fully saturated rings. The highest BCUT2D eigenvalue weighted by molar-refractivity contribution is 5.58. The minimum absolute atomic E-state index is 0.199. The Morgan fingerprint density at radius 3 is 2.70 bits per heavy atom. The van der Waals surface area contributed by atoms with Crippen LogP contribution in [0.3, 0.4) is 0 Å². The topological polar surface area (TPSA) is 20.3 Å². The van der Waals surface area contributed by atoms with Gasteiger partial charge in [0.1, 0.15) is 6.29 Å². The van der Waals surface area contributed by atoms with E-state index < -0.39 is 0 Å². The van der Waals surface area contributed by atoms with Crippen LogP contribution in [0, 0.1) is 5.92 Å². The number of nitrogens with zero attached hydrogens (tertiary/aromatic N) is 1. The molecule has 58 valence electrons. The fourth-order valence-electron chi connectivity index (χ4n) is 1.59. The van der Waals surface area contributed by atoms with Gasteiger partial charge in [0.05, 0.1) is 6.04 Å². The van der Waals surface area contributed by atoms with Crippen LogP contribution in [-0.4, -0.2) is 30.8 Å². The number of likely N-dealkylation sites (N-methyl/N-ethyl adjacent to an activating group) is 1. The first-order valence-corrected chi connectivity index (χ1v) is 3.93. The van der Waals surface area contributed by atoms with Crippen LogP contribution in [0.1, 0.15) is 19.8 Å². The summed E-state index contributed by atoms with van der Waals surface area (Å²) in [4.78, 5) is 12.6. The lowest BCUT2D eigenvalue weighted by Gasteiger charge is -2.11. The van der Waals surface area contributed by atoms with Crippen LogP contribution in [0.4, 0.5) is 0 Å². The van der Waals surface area contributed by atoms with E-state index in [4.69, 9.17) is 0 Å². The zero-order valence-corrected chi connectivity index (χ0v) is 6.71. The van der Waals surface area contributed by atoms with E-state index in [0.717, 1.165) is 25.2 Å². The van der Waals surface area contributed by atoms with Gasteiger partial charge in [-0.1, -0.05) is 13.3 Å². The summed E-state index contributed by atoms with van der Waals surface area (Å²) in [5.74, 6) is 0.750. The van der Waals surface area contributed by atoms with Crippen molar-refractivity contribution in [2.24, 2.45) is 5.92 Å². The second kappa shape index (κ2) is 3.15. The number of carbonyl (C=O) groups excluding carboxylic acids is 1. The maximum atomic E-state index is 10.4. The standard InChI is InChI=1S/C8H15NO/c1-3-7-4-8(6-10)9(2)5-7/h6-8H,3-5H2,1-2H3/t7-,8?/m1/s1. The van der Waals surface area contributed by atoms with Gasteiger partial charge in [0, 0.05) is 6.54 Å². The Kier molecular flexibility index (Phi) is 2.44. The Hall–Kier alpha value is -0.370. The molecule has 1 heterocycles. The van der Waals surface area contributed by atoms with Gasteiger partial charge in [-0.2, -0.15) is 0 Å². The molecule has 1 rings (SSSR count). The van der Waals surface area contributed by atoms with Gasteiger partial charge in [0.15, 0.2) is 0 Å². The van der Waals surface area contributed by atoms with Crippen LogP contribution < -0.4 is 0 Å². The minimum Gasteiger partial charge on any atom is -0.302 e. The third kappa shape index (κ3) is 1.37. The highest BCUT2D eigenvalue weighted by atomic mass is 16.1. The van der Waals surface area contributed by atoms with Crippen molar-refractivity contribution in [1.29, 1.82) is 0 Å². The lowest BCUT2D eigenvalue weighted by Crippen LogP contribution is -2.25. The van der Waals surface area contributed by atoms with E-state index in [0.29, 0.717) is 0 Å². The van der Waals surface area contributed by atoms with E-state index in [2.05, 4.69) is 11.8 Å². The van der Waals surface area contributed by atoms with E-state index in [1.165, 1.54) is 6.42 Å². The molecule has 1 saturated heterocycles. The van der Waals surface area contributed by atoms with Crippen LogP contribution >= 0.6 is 0 Å². The zero-order chi connectivity index (χ0) is 7.56. The van der Waals surface area contributed by atoms with Gasteiger partial charge < -0.3 is 4.79 Å². The number of rotatable bonds is 2. The van der Waals surface area contributed by atoms with E-state index in [9.17, 15) is 4.79 Å². The molecule has 0 amide bonds. The van der Waals surface area contributed by atoms with Gasteiger partial charge in [-0.05, 0) is 19.4 Å². The lowest BCUT2D eigenvalue weighted by atomic mass is 10.0. The van der Waals surface area contributed by atoms with Crippen molar-refractivity contribution in [3.63, 3.8) is 0 Å². The Bertz CT molecular complexity index is 124. The Morgan fingerprint density at radius 2 is 2.40 bits per heavy atom. The summed E-state index contributed by atoms with van der Waals surface area (Å²) in [6.07, 6.45) is 3.33. The Labute approximate surface area is 62.2 Å². The average molecular weight is 141 g/mol. The molecule has 2 nitrogen and oxygen atoms in total. The fraction of sp³-hybridized carbons (Fsp3) is 0.875. The molecule has 0 aromatic heterocycles. The molecule has 0 aromatic rings. The predicted molar refractivity (Wildman–Crippen MR) is 40.9 cm³/mol. The van der Waals surface area contributed by atoms with Gasteiger partial charge in [0.2, 0.25) is 0 Å². The van der Waals surface area contributed by atoms with Gasteiger partial charge in [0.25, 0.3) is 0 Å². The number of aldehydes is 1. The monoisotopic (exact) mass is 141 g/mol. The van der Waals surface area contributed by atoms with Gasteiger partial charge in [-0.15, -0.1) is 0 Å². The maximum Gasteiger partial charge on any atom is 0.137 e. The van der Waals surface area contributed by atoms with Crippen LogP contribution in [0.15, 0.2) is 0 Å². The van der Waals surface area contributed by atoms with Crippen molar-refractivity contribution in [2.75, 3.05) is 13.6 Å². The molecule has 10 heavy (non-hydrogen) atoms. The average Bonchev–Trinajstić information content (AvgIpc) is 2.30. The number of hydrogen-bond acceptors (Lipinski definition) is 2. The first-order valence-electron chi connectivity index (χ1n) is 3.93. The SMILES string of the molecule is CC[C@@H]1CC(C=O)N(C)C1. The van der Waals surface area contributed by atoms with Gasteiger partial charge >= 0.3 is 0 Å². The number of carbonyl (C=O) groups is 1. The maximum absolute atomic E-state index is 10.4. The quantitative estimate of drug-likeness (QED) is 0.533. The van der Waals surface area contributed by atoms with E-state index in [-0.39, 0.29) is 6.04 Å². The Morgan fingerprint density at radius 1 is 1.70 bits per heavy atom. The molecule has 0 N–H and O–H groups in total. The summed E-state index contributed by atoms with van der Waals surface area (Å²) >= 11 is 0. The summed E-state index contributed by atoms with van der Waals surface area (Å²) < 4.78 is 0. The summed E-state index contributed by atoms with van der Waals surface area (Å²) in [6, 6.07) is 0.199. The van der Waals surface area contributed by atoms with Crippen molar-refractivity contribution < 1.29 is 4.79 Å². The first kappa shape index (κ1) is 7.73. The molecule has 2 atom stereocenters. The van der Waals surface area contributed by atoms with Crippen molar-refractivity contribution in [3.05, 3.63) is 0 Å². The minimum atomic E-state index is 0.199. The van der Waals surface area contributed by atoms with Crippen LogP contribution in [-0.2, 0) is 4.79 Å². The highest BCUT2D eigenvalue weighted by Crippen LogP contribution is 2.22. The van der Waals surface area contributed by atoms with Crippen LogP contribution in [0.2, 0.25) is 0 Å². The molecule has 0 spiro atoms. The normalized spacial score (nSPS) is 34.6. The van der Waals surface area contributed by atoms with Gasteiger partial charge in [-0.3, -0.25) is 4.90 Å². The highest BCUT2D eigenvalue weighted by Gasteiger charge is 2.27. The molecular weight excluding hydrogens is 126 g/mol. The molecule has 0 aromatic carbocycles. The van der Waals surface area contributed by atoms with E-state index in [1.807, 2.05) is 7.05 Å². The number of likely N-dealkylation sites (tertiary alicyclic amines) is 1. The first-order chi connectivity index (χ1) is 4.77. The summed E-state index contributed by atoms with van der Waals surface area (Å²) in [5.41, 5.74) is 0. The molecule has 0 aliphatic carbocycles. The second-order valence-electron chi connectivity index (χ2n) is 3.15. The molecule has 2 heteroatoms. The van der Waals surface area contributed by atoms with Crippen molar-refractivity contribution in [3.8, 4) is 0 Å². The van der Waals surface area contributed by atoms with Crippen molar-refractivity contribution in [2.45, 2.75) is 25.8 Å². The third-order valence-electron chi connectivity index (χ3n) is 2.42. The van der Waals surface area contributed by atoms with Crippen LogP contribution in [0.25, 0.3) is 0 Å². The van der Waals surface area contributed by atoms with E-state index >= 15 is 0 Å². The molecule has 0 bridgehead atoms. The molecule has 0 saturated carbocycles. The lowest BCUT2D eigenvalue weighted by molar-refractivity contribution is -0.111. The largest absolute Gasteiger partial charge is 0.302 e. The zero-order valence-electron chi connectivity index (χ0n) is 6.71. The smallest absolute Gasteiger partial charge is 0.137 e. The van der Waals surface area contributed by atoms with Crippen molar-refractivity contribution >= 4 is 6.29 Å². The summed E-state index contributed by atoms with van der Waals surface area (Å²) in [5, 5.41) is 0. The summed E-state index contributed by atoms with van der Waals surface area (Å²) in [7, 11) is 2.02. The van der Waals surface area contributed by atoms with Crippen LogP contribution in [0.5, 0.6) is 0 Å². The molecule has 1 unspecified atom stereocenters.